The Hall–Kier alpha value is -1.68. The van der Waals surface area contributed by atoms with Crippen molar-refractivity contribution in [1.29, 1.82) is 0 Å². The summed E-state index contributed by atoms with van der Waals surface area (Å²) in [6.07, 6.45) is 6.61. The van der Waals surface area contributed by atoms with Crippen LogP contribution in [-0.2, 0) is 19.4 Å². The maximum atomic E-state index is 5.67. The van der Waals surface area contributed by atoms with E-state index in [0.29, 0.717) is 6.54 Å². The average molecular weight is 242 g/mol. The molecule has 18 heavy (non-hydrogen) atoms. The van der Waals surface area contributed by atoms with E-state index in [9.17, 15) is 0 Å². The van der Waals surface area contributed by atoms with E-state index in [0.717, 1.165) is 29.9 Å². The number of nitrogens with zero attached hydrogens (tertiary/aromatic N) is 3. The van der Waals surface area contributed by atoms with Crippen LogP contribution in [0.3, 0.4) is 0 Å². The predicted octanol–water partition coefficient (Wildman–Crippen LogP) is 1.91. The summed E-state index contributed by atoms with van der Waals surface area (Å²) in [6, 6.07) is 4.10. The van der Waals surface area contributed by atoms with Crippen molar-refractivity contribution in [3.8, 4) is 5.82 Å². The Kier molecular flexibility index (Phi) is 2.88. The Morgan fingerprint density at radius 2 is 2.11 bits per heavy atom. The minimum absolute atomic E-state index is 0.543. The van der Waals surface area contributed by atoms with Gasteiger partial charge in [0.1, 0.15) is 12.1 Å². The first kappa shape index (κ1) is 11.4. The molecule has 0 radical (unpaired) electrons. The molecule has 0 unspecified atom stereocenters. The van der Waals surface area contributed by atoms with E-state index in [-0.39, 0.29) is 0 Å². The average Bonchev–Trinajstić information content (AvgIpc) is 2.82. The molecule has 0 fully saturated rings. The Morgan fingerprint density at radius 3 is 2.89 bits per heavy atom. The highest BCUT2D eigenvalue weighted by atomic mass is 15.1. The van der Waals surface area contributed by atoms with E-state index in [2.05, 4.69) is 20.6 Å². The van der Waals surface area contributed by atoms with Gasteiger partial charge in [-0.25, -0.2) is 9.97 Å². The lowest BCUT2D eigenvalue weighted by atomic mass is 10.0. The van der Waals surface area contributed by atoms with Crippen LogP contribution in [0.25, 0.3) is 5.82 Å². The minimum atomic E-state index is 0.543. The van der Waals surface area contributed by atoms with Gasteiger partial charge in [-0.05, 0) is 44.2 Å². The Balaban J connectivity index is 2.04. The monoisotopic (exact) mass is 242 g/mol. The van der Waals surface area contributed by atoms with Gasteiger partial charge in [0.15, 0.2) is 0 Å². The summed E-state index contributed by atoms with van der Waals surface area (Å²) in [5, 5.41) is 0. The molecule has 0 bridgehead atoms. The fraction of sp³-hybridized carbons (Fsp3) is 0.429. The van der Waals surface area contributed by atoms with Gasteiger partial charge in [-0.1, -0.05) is 6.07 Å². The van der Waals surface area contributed by atoms with Crippen molar-refractivity contribution in [3.63, 3.8) is 0 Å². The van der Waals surface area contributed by atoms with Crippen LogP contribution in [-0.4, -0.2) is 14.5 Å². The van der Waals surface area contributed by atoms with E-state index in [4.69, 9.17) is 5.73 Å². The van der Waals surface area contributed by atoms with Gasteiger partial charge >= 0.3 is 0 Å². The van der Waals surface area contributed by atoms with Gasteiger partial charge in [-0.15, -0.1) is 0 Å². The number of hydrogen-bond acceptors (Lipinski definition) is 3. The lowest BCUT2D eigenvalue weighted by molar-refractivity contribution is 0.654. The zero-order valence-electron chi connectivity index (χ0n) is 10.7. The van der Waals surface area contributed by atoms with Crippen LogP contribution in [0.5, 0.6) is 0 Å². The van der Waals surface area contributed by atoms with Crippen molar-refractivity contribution >= 4 is 0 Å². The van der Waals surface area contributed by atoms with Crippen LogP contribution in [0.15, 0.2) is 18.5 Å². The molecule has 94 valence electrons. The molecule has 3 rings (SSSR count). The SMILES string of the molecule is Cc1nc(-n2cnc3c2CCCC3)ccc1CN. The molecule has 2 aromatic rings. The minimum Gasteiger partial charge on any atom is -0.326 e. The third-order valence-electron chi connectivity index (χ3n) is 3.68. The second-order valence-electron chi connectivity index (χ2n) is 4.83. The van der Waals surface area contributed by atoms with Crippen molar-refractivity contribution in [2.24, 2.45) is 5.73 Å². The second-order valence-corrected chi connectivity index (χ2v) is 4.83. The number of nitrogens with two attached hydrogens (primary N) is 1. The molecular weight excluding hydrogens is 224 g/mol. The van der Waals surface area contributed by atoms with E-state index >= 15 is 0 Å². The first-order chi connectivity index (χ1) is 8.79. The largest absolute Gasteiger partial charge is 0.326 e. The second kappa shape index (κ2) is 4.53. The highest BCUT2D eigenvalue weighted by Gasteiger charge is 2.16. The highest BCUT2D eigenvalue weighted by Crippen LogP contribution is 2.22. The lowest BCUT2D eigenvalue weighted by Gasteiger charge is -2.14. The van der Waals surface area contributed by atoms with Crippen LogP contribution in [0.4, 0.5) is 0 Å². The Bertz CT molecular complexity index is 571. The smallest absolute Gasteiger partial charge is 0.138 e. The molecule has 0 atom stereocenters. The van der Waals surface area contributed by atoms with Gasteiger partial charge in [-0.3, -0.25) is 4.57 Å². The maximum absolute atomic E-state index is 5.67. The summed E-state index contributed by atoms with van der Waals surface area (Å²) in [4.78, 5) is 9.14. The zero-order chi connectivity index (χ0) is 12.5. The molecule has 0 saturated carbocycles. The summed E-state index contributed by atoms with van der Waals surface area (Å²) in [5.41, 5.74) is 10.4. The maximum Gasteiger partial charge on any atom is 0.138 e. The number of hydrogen-bond donors (Lipinski definition) is 1. The number of rotatable bonds is 2. The predicted molar refractivity (Wildman–Crippen MR) is 70.6 cm³/mol. The number of aromatic nitrogens is 3. The quantitative estimate of drug-likeness (QED) is 0.875. The van der Waals surface area contributed by atoms with E-state index in [1.807, 2.05) is 19.3 Å². The van der Waals surface area contributed by atoms with Gasteiger partial charge in [-0.2, -0.15) is 0 Å². The van der Waals surface area contributed by atoms with Crippen LogP contribution >= 0.6 is 0 Å². The summed E-state index contributed by atoms with van der Waals surface area (Å²) >= 11 is 0. The zero-order valence-corrected chi connectivity index (χ0v) is 10.7. The number of fused-ring (bicyclic) bond motifs is 1. The highest BCUT2D eigenvalue weighted by molar-refractivity contribution is 5.34. The summed E-state index contributed by atoms with van der Waals surface area (Å²) in [7, 11) is 0. The van der Waals surface area contributed by atoms with Gasteiger partial charge in [0, 0.05) is 17.9 Å². The normalized spacial score (nSPS) is 14.6. The molecule has 0 amide bonds. The fourth-order valence-electron chi connectivity index (χ4n) is 2.59. The summed E-state index contributed by atoms with van der Waals surface area (Å²) in [5.74, 6) is 0.959. The molecule has 0 spiro atoms. The number of aryl methyl sites for hydroxylation is 2. The van der Waals surface area contributed by atoms with Gasteiger partial charge in [0.05, 0.1) is 5.69 Å². The van der Waals surface area contributed by atoms with E-state index in [1.54, 1.807) is 0 Å². The van der Waals surface area contributed by atoms with Crippen molar-refractivity contribution in [2.75, 3.05) is 0 Å². The lowest BCUT2D eigenvalue weighted by Crippen LogP contribution is -2.09. The fourth-order valence-corrected chi connectivity index (χ4v) is 2.59. The van der Waals surface area contributed by atoms with Gasteiger partial charge < -0.3 is 5.73 Å². The summed E-state index contributed by atoms with van der Waals surface area (Å²) < 4.78 is 2.13. The Morgan fingerprint density at radius 1 is 1.28 bits per heavy atom. The van der Waals surface area contributed by atoms with Crippen LogP contribution in [0.1, 0.15) is 35.5 Å². The third-order valence-corrected chi connectivity index (χ3v) is 3.68. The molecule has 1 aliphatic rings. The first-order valence-corrected chi connectivity index (χ1v) is 6.51. The van der Waals surface area contributed by atoms with Crippen molar-refractivity contribution < 1.29 is 0 Å². The van der Waals surface area contributed by atoms with Crippen LogP contribution < -0.4 is 5.73 Å². The van der Waals surface area contributed by atoms with Crippen LogP contribution in [0, 0.1) is 6.92 Å². The molecule has 2 heterocycles. The molecule has 2 aromatic heterocycles. The standard InChI is InChI=1S/C14H18N4/c1-10-11(8-15)6-7-14(17-10)18-9-16-12-4-2-3-5-13(12)18/h6-7,9H,2-5,8,15H2,1H3. The van der Waals surface area contributed by atoms with E-state index in [1.165, 1.54) is 24.2 Å². The molecule has 0 aliphatic heterocycles. The molecule has 0 aromatic carbocycles. The summed E-state index contributed by atoms with van der Waals surface area (Å²) in [6.45, 7) is 2.55. The van der Waals surface area contributed by atoms with Gasteiger partial charge in [0.25, 0.3) is 0 Å². The molecule has 4 heteroatoms. The third kappa shape index (κ3) is 1.82. The molecule has 0 saturated heterocycles. The Labute approximate surface area is 107 Å². The van der Waals surface area contributed by atoms with E-state index < -0.39 is 0 Å². The van der Waals surface area contributed by atoms with Crippen molar-refractivity contribution in [1.82, 2.24) is 14.5 Å². The number of pyridine rings is 1. The van der Waals surface area contributed by atoms with Crippen LogP contribution in [0.2, 0.25) is 0 Å². The number of imidazole rings is 1. The molecular formula is C14H18N4. The van der Waals surface area contributed by atoms with Gasteiger partial charge in [0.2, 0.25) is 0 Å². The first-order valence-electron chi connectivity index (χ1n) is 6.51. The molecule has 2 N–H and O–H groups in total. The van der Waals surface area contributed by atoms with Crippen molar-refractivity contribution in [2.45, 2.75) is 39.2 Å². The molecule has 4 nitrogen and oxygen atoms in total. The van der Waals surface area contributed by atoms with Crippen molar-refractivity contribution in [3.05, 3.63) is 41.1 Å². The molecule has 1 aliphatic carbocycles. The topological polar surface area (TPSA) is 56.7 Å².